The summed E-state index contributed by atoms with van der Waals surface area (Å²) in [7, 11) is 0. The Balaban J connectivity index is 2.18. The molecule has 1 aromatic rings. The highest BCUT2D eigenvalue weighted by molar-refractivity contribution is 5.23. The van der Waals surface area contributed by atoms with Crippen molar-refractivity contribution in [1.29, 1.82) is 0 Å². The summed E-state index contributed by atoms with van der Waals surface area (Å²) in [6.45, 7) is 7.57. The Morgan fingerprint density at radius 3 is 2.64 bits per heavy atom. The van der Waals surface area contributed by atoms with E-state index in [2.05, 4.69) is 31.8 Å². The van der Waals surface area contributed by atoms with Crippen LogP contribution < -0.4 is 0 Å². The largest absolute Gasteiger partial charge is 0.364 e. The minimum atomic E-state index is -0.0352. The van der Waals surface area contributed by atoms with Crippen LogP contribution in [0.5, 0.6) is 0 Å². The zero-order chi connectivity index (χ0) is 10.2. The minimum Gasteiger partial charge on any atom is -0.364 e. The third-order valence-corrected chi connectivity index (χ3v) is 2.50. The standard InChI is InChI=1S/C12H17NO/c1-11(2,3)8-12(9-14-12)10-5-4-6-13-7-10/h4-7H,8-9H2,1-3H3. The van der Waals surface area contributed by atoms with Gasteiger partial charge >= 0.3 is 0 Å². The third-order valence-electron chi connectivity index (χ3n) is 2.50. The zero-order valence-corrected chi connectivity index (χ0v) is 9.08. The van der Waals surface area contributed by atoms with Crippen molar-refractivity contribution in [3.63, 3.8) is 0 Å². The van der Waals surface area contributed by atoms with Crippen LogP contribution in [0.15, 0.2) is 24.5 Å². The molecule has 1 atom stereocenters. The molecule has 1 aliphatic heterocycles. The Labute approximate surface area is 85.3 Å². The summed E-state index contributed by atoms with van der Waals surface area (Å²) >= 11 is 0. The molecule has 1 aliphatic rings. The lowest BCUT2D eigenvalue weighted by Gasteiger charge is -2.23. The van der Waals surface area contributed by atoms with Crippen LogP contribution in [0.1, 0.15) is 32.8 Å². The molecule has 2 nitrogen and oxygen atoms in total. The van der Waals surface area contributed by atoms with Gasteiger partial charge in [0, 0.05) is 18.0 Å². The Morgan fingerprint density at radius 2 is 2.21 bits per heavy atom. The molecule has 0 aliphatic carbocycles. The van der Waals surface area contributed by atoms with Gasteiger partial charge in [-0.2, -0.15) is 0 Å². The van der Waals surface area contributed by atoms with E-state index in [-0.39, 0.29) is 5.60 Å². The van der Waals surface area contributed by atoms with Gasteiger partial charge in [-0.3, -0.25) is 4.98 Å². The van der Waals surface area contributed by atoms with E-state index in [4.69, 9.17) is 4.74 Å². The van der Waals surface area contributed by atoms with Gasteiger partial charge in [-0.1, -0.05) is 26.8 Å². The normalized spacial score (nSPS) is 26.2. The van der Waals surface area contributed by atoms with Gasteiger partial charge in [0.15, 0.2) is 0 Å². The van der Waals surface area contributed by atoms with Gasteiger partial charge < -0.3 is 4.74 Å². The lowest BCUT2D eigenvalue weighted by molar-refractivity contribution is 0.216. The molecule has 0 radical (unpaired) electrons. The van der Waals surface area contributed by atoms with Gasteiger partial charge in [0.2, 0.25) is 0 Å². The summed E-state index contributed by atoms with van der Waals surface area (Å²) in [6.07, 6.45) is 4.78. The second kappa shape index (κ2) is 3.06. The molecule has 1 unspecified atom stereocenters. The number of hydrogen-bond acceptors (Lipinski definition) is 2. The number of aromatic nitrogens is 1. The summed E-state index contributed by atoms with van der Waals surface area (Å²) < 4.78 is 5.62. The van der Waals surface area contributed by atoms with E-state index < -0.39 is 0 Å². The third kappa shape index (κ3) is 1.95. The van der Waals surface area contributed by atoms with Crippen molar-refractivity contribution in [2.75, 3.05) is 6.61 Å². The fourth-order valence-corrected chi connectivity index (χ4v) is 1.95. The van der Waals surface area contributed by atoms with Crippen LogP contribution in [0.2, 0.25) is 0 Å². The molecule has 0 saturated carbocycles. The monoisotopic (exact) mass is 191 g/mol. The van der Waals surface area contributed by atoms with Gasteiger partial charge in [-0.25, -0.2) is 0 Å². The molecule has 2 heterocycles. The fourth-order valence-electron chi connectivity index (χ4n) is 1.95. The van der Waals surface area contributed by atoms with Crippen LogP contribution in [0.3, 0.4) is 0 Å². The fraction of sp³-hybridized carbons (Fsp3) is 0.583. The van der Waals surface area contributed by atoms with Crippen LogP contribution >= 0.6 is 0 Å². The summed E-state index contributed by atoms with van der Waals surface area (Å²) in [6, 6.07) is 4.08. The van der Waals surface area contributed by atoms with Crippen molar-refractivity contribution in [3.05, 3.63) is 30.1 Å². The highest BCUT2D eigenvalue weighted by Gasteiger charge is 2.48. The average molecular weight is 191 g/mol. The lowest BCUT2D eigenvalue weighted by Crippen LogP contribution is -2.19. The van der Waals surface area contributed by atoms with Crippen molar-refractivity contribution in [3.8, 4) is 0 Å². The molecule has 1 fully saturated rings. The zero-order valence-electron chi connectivity index (χ0n) is 9.08. The summed E-state index contributed by atoms with van der Waals surface area (Å²) in [5.74, 6) is 0. The van der Waals surface area contributed by atoms with Gasteiger partial charge in [0.1, 0.15) is 5.60 Å². The van der Waals surface area contributed by atoms with Crippen LogP contribution in [-0.4, -0.2) is 11.6 Å². The van der Waals surface area contributed by atoms with Gasteiger partial charge in [-0.15, -0.1) is 0 Å². The van der Waals surface area contributed by atoms with E-state index in [9.17, 15) is 0 Å². The molecule has 0 spiro atoms. The Bertz CT molecular complexity index is 309. The Hall–Kier alpha value is -0.890. The van der Waals surface area contributed by atoms with E-state index >= 15 is 0 Å². The second-order valence-corrected chi connectivity index (χ2v) is 5.26. The van der Waals surface area contributed by atoms with E-state index in [1.807, 2.05) is 12.3 Å². The van der Waals surface area contributed by atoms with Gasteiger partial charge in [0.25, 0.3) is 0 Å². The number of pyridine rings is 1. The maximum Gasteiger partial charge on any atom is 0.118 e. The molecule has 0 aromatic carbocycles. The number of rotatable bonds is 2. The topological polar surface area (TPSA) is 25.4 Å². The molecule has 76 valence electrons. The predicted octanol–water partition coefficient (Wildman–Crippen LogP) is 2.74. The average Bonchev–Trinajstić information content (AvgIpc) is 2.85. The first-order chi connectivity index (χ1) is 6.52. The second-order valence-electron chi connectivity index (χ2n) is 5.26. The number of ether oxygens (including phenoxy) is 1. The highest BCUT2D eigenvalue weighted by atomic mass is 16.6. The Morgan fingerprint density at radius 1 is 1.50 bits per heavy atom. The predicted molar refractivity (Wildman–Crippen MR) is 55.9 cm³/mol. The molecule has 1 aromatic heterocycles. The van der Waals surface area contributed by atoms with Crippen LogP contribution in [0.25, 0.3) is 0 Å². The van der Waals surface area contributed by atoms with E-state index in [0.29, 0.717) is 5.41 Å². The lowest BCUT2D eigenvalue weighted by atomic mass is 9.82. The molecule has 14 heavy (non-hydrogen) atoms. The molecular formula is C12H17NO. The van der Waals surface area contributed by atoms with Crippen LogP contribution in [0.4, 0.5) is 0 Å². The SMILES string of the molecule is CC(C)(C)CC1(c2cccnc2)CO1. The number of nitrogens with zero attached hydrogens (tertiary/aromatic N) is 1. The van der Waals surface area contributed by atoms with E-state index in [1.165, 1.54) is 5.56 Å². The van der Waals surface area contributed by atoms with Crippen molar-refractivity contribution < 1.29 is 4.74 Å². The first-order valence-corrected chi connectivity index (χ1v) is 5.06. The number of epoxide rings is 1. The molecule has 2 heteroatoms. The first-order valence-electron chi connectivity index (χ1n) is 5.06. The van der Waals surface area contributed by atoms with Crippen molar-refractivity contribution in [2.45, 2.75) is 32.8 Å². The maximum absolute atomic E-state index is 5.62. The molecular weight excluding hydrogens is 174 g/mol. The van der Waals surface area contributed by atoms with Crippen molar-refractivity contribution >= 4 is 0 Å². The van der Waals surface area contributed by atoms with E-state index in [0.717, 1.165) is 13.0 Å². The van der Waals surface area contributed by atoms with Crippen molar-refractivity contribution in [1.82, 2.24) is 4.98 Å². The molecule has 1 saturated heterocycles. The molecule has 0 bridgehead atoms. The molecule has 2 rings (SSSR count). The quantitative estimate of drug-likeness (QED) is 0.672. The minimum absolute atomic E-state index is 0.0352. The first kappa shape index (κ1) is 9.66. The summed E-state index contributed by atoms with van der Waals surface area (Å²) in [4.78, 5) is 4.14. The number of hydrogen-bond donors (Lipinski definition) is 0. The summed E-state index contributed by atoms with van der Waals surface area (Å²) in [5.41, 5.74) is 1.48. The smallest absolute Gasteiger partial charge is 0.118 e. The summed E-state index contributed by atoms with van der Waals surface area (Å²) in [5, 5.41) is 0. The van der Waals surface area contributed by atoms with Crippen LogP contribution in [0, 0.1) is 5.41 Å². The van der Waals surface area contributed by atoms with Crippen molar-refractivity contribution in [2.24, 2.45) is 5.41 Å². The Kier molecular flexibility index (Phi) is 2.11. The van der Waals surface area contributed by atoms with E-state index in [1.54, 1.807) is 6.20 Å². The van der Waals surface area contributed by atoms with Crippen LogP contribution in [-0.2, 0) is 10.3 Å². The highest BCUT2D eigenvalue weighted by Crippen LogP contribution is 2.46. The molecule has 0 amide bonds. The van der Waals surface area contributed by atoms with Gasteiger partial charge in [0.05, 0.1) is 6.61 Å². The maximum atomic E-state index is 5.62. The molecule has 0 N–H and O–H groups in total. The van der Waals surface area contributed by atoms with Gasteiger partial charge in [-0.05, 0) is 17.9 Å².